The molecule has 4 nitrogen and oxygen atoms in total. The highest BCUT2D eigenvalue weighted by Gasteiger charge is 2.13. The van der Waals surface area contributed by atoms with E-state index in [2.05, 4.69) is 6.92 Å². The molecule has 1 amide bonds. The summed E-state index contributed by atoms with van der Waals surface area (Å²) < 4.78 is 5.36. The molecule has 0 bridgehead atoms. The number of ether oxygens (including phenoxy) is 1. The molecule has 1 aromatic rings. The van der Waals surface area contributed by atoms with Gasteiger partial charge in [-0.25, -0.2) is 0 Å². The largest absolute Gasteiger partial charge is 0.494 e. The van der Waals surface area contributed by atoms with Crippen LogP contribution in [0.15, 0.2) is 24.3 Å². The van der Waals surface area contributed by atoms with E-state index >= 15 is 0 Å². The number of carbonyl (C=O) groups is 1. The summed E-state index contributed by atoms with van der Waals surface area (Å²) in [6.45, 7) is 4.78. The van der Waals surface area contributed by atoms with Crippen molar-refractivity contribution in [1.82, 2.24) is 0 Å². The van der Waals surface area contributed by atoms with Gasteiger partial charge < -0.3 is 14.7 Å². The Hall–Kier alpha value is -1.55. The van der Waals surface area contributed by atoms with Crippen molar-refractivity contribution < 1.29 is 14.6 Å². The van der Waals surface area contributed by atoms with Crippen LogP contribution in [-0.2, 0) is 4.79 Å². The predicted octanol–water partition coefficient (Wildman–Crippen LogP) is 2.21. The molecule has 0 atom stereocenters. The molecule has 1 rings (SSSR count). The van der Waals surface area contributed by atoms with Gasteiger partial charge in [-0.1, -0.05) is 13.3 Å². The number of rotatable bonds is 7. The van der Waals surface area contributed by atoms with E-state index in [1.807, 2.05) is 31.2 Å². The maximum absolute atomic E-state index is 11.7. The van der Waals surface area contributed by atoms with Crippen molar-refractivity contribution in [3.8, 4) is 5.75 Å². The van der Waals surface area contributed by atoms with Crippen LogP contribution in [0.1, 0.15) is 26.7 Å². The van der Waals surface area contributed by atoms with Crippen molar-refractivity contribution in [1.29, 1.82) is 0 Å². The second kappa shape index (κ2) is 7.71. The number of hydrogen-bond donors (Lipinski definition) is 1. The average molecular weight is 251 g/mol. The van der Waals surface area contributed by atoms with Crippen LogP contribution in [0, 0.1) is 0 Å². The second-order valence-corrected chi connectivity index (χ2v) is 3.98. The van der Waals surface area contributed by atoms with Gasteiger partial charge in [-0.15, -0.1) is 0 Å². The molecule has 100 valence electrons. The van der Waals surface area contributed by atoms with E-state index in [1.165, 1.54) is 0 Å². The van der Waals surface area contributed by atoms with Crippen molar-refractivity contribution in [2.24, 2.45) is 0 Å². The Bertz CT molecular complexity index is 362. The lowest BCUT2D eigenvalue weighted by Gasteiger charge is -2.22. The van der Waals surface area contributed by atoms with Gasteiger partial charge in [0.15, 0.2) is 0 Å². The molecule has 18 heavy (non-hydrogen) atoms. The molecule has 0 saturated carbocycles. The molecular formula is C14H21NO3. The minimum absolute atomic E-state index is 0.271. The van der Waals surface area contributed by atoms with Crippen LogP contribution < -0.4 is 9.64 Å². The van der Waals surface area contributed by atoms with Crippen LogP contribution in [0.4, 0.5) is 5.69 Å². The van der Waals surface area contributed by atoms with Crippen LogP contribution in [0.5, 0.6) is 5.75 Å². The zero-order valence-electron chi connectivity index (χ0n) is 11.1. The Morgan fingerprint density at radius 1 is 1.28 bits per heavy atom. The number of nitrogens with zero attached hydrogens (tertiary/aromatic N) is 1. The maximum Gasteiger partial charge on any atom is 0.252 e. The second-order valence-electron chi connectivity index (χ2n) is 3.98. The highest BCUT2D eigenvalue weighted by Crippen LogP contribution is 2.20. The molecule has 0 aliphatic carbocycles. The zero-order valence-corrected chi connectivity index (χ0v) is 11.1. The molecule has 0 heterocycles. The first-order valence-electron chi connectivity index (χ1n) is 6.37. The van der Waals surface area contributed by atoms with Crippen LogP contribution in [0.2, 0.25) is 0 Å². The highest BCUT2D eigenvalue weighted by atomic mass is 16.5. The number of aliphatic hydroxyl groups excluding tert-OH is 1. The van der Waals surface area contributed by atoms with Gasteiger partial charge in [-0.2, -0.15) is 0 Å². The van der Waals surface area contributed by atoms with Gasteiger partial charge >= 0.3 is 0 Å². The molecule has 0 aromatic heterocycles. The SMILES string of the molecule is CCCCN(C(=O)CO)c1ccc(OCC)cc1. The quantitative estimate of drug-likeness (QED) is 0.808. The normalized spacial score (nSPS) is 10.2. The van der Waals surface area contributed by atoms with E-state index < -0.39 is 6.61 Å². The Morgan fingerprint density at radius 3 is 2.44 bits per heavy atom. The number of hydrogen-bond acceptors (Lipinski definition) is 3. The van der Waals surface area contributed by atoms with Crippen molar-refractivity contribution in [3.63, 3.8) is 0 Å². The fourth-order valence-electron chi connectivity index (χ4n) is 1.69. The first-order valence-corrected chi connectivity index (χ1v) is 6.37. The minimum atomic E-state index is -0.461. The van der Waals surface area contributed by atoms with Crippen LogP contribution >= 0.6 is 0 Å². The van der Waals surface area contributed by atoms with Crippen LogP contribution in [-0.4, -0.2) is 30.8 Å². The third kappa shape index (κ3) is 4.04. The molecule has 0 spiro atoms. The number of anilines is 1. The summed E-state index contributed by atoms with van der Waals surface area (Å²) in [5.74, 6) is 0.515. The molecule has 0 aliphatic heterocycles. The summed E-state index contributed by atoms with van der Waals surface area (Å²) in [6.07, 6.45) is 1.92. The molecule has 0 unspecified atom stereocenters. The first-order chi connectivity index (χ1) is 8.72. The number of aliphatic hydroxyl groups is 1. The lowest BCUT2D eigenvalue weighted by Crippen LogP contribution is -2.34. The fraction of sp³-hybridized carbons (Fsp3) is 0.500. The molecule has 0 aliphatic rings. The van der Waals surface area contributed by atoms with Gasteiger partial charge in [0.05, 0.1) is 6.61 Å². The van der Waals surface area contributed by atoms with Crippen molar-refractivity contribution in [2.75, 3.05) is 24.7 Å². The van der Waals surface area contributed by atoms with Crippen molar-refractivity contribution in [2.45, 2.75) is 26.7 Å². The van der Waals surface area contributed by atoms with Crippen LogP contribution in [0.25, 0.3) is 0 Å². The number of unbranched alkanes of at least 4 members (excludes halogenated alkanes) is 1. The van der Waals surface area contributed by atoms with Gasteiger partial charge in [0, 0.05) is 12.2 Å². The fourth-order valence-corrected chi connectivity index (χ4v) is 1.69. The van der Waals surface area contributed by atoms with Gasteiger partial charge in [0.1, 0.15) is 12.4 Å². The molecule has 0 fully saturated rings. The lowest BCUT2D eigenvalue weighted by atomic mass is 10.2. The molecule has 1 N–H and O–H groups in total. The summed E-state index contributed by atoms with van der Waals surface area (Å²) in [5.41, 5.74) is 0.797. The van der Waals surface area contributed by atoms with E-state index in [-0.39, 0.29) is 5.91 Å². The molecule has 1 aromatic carbocycles. The Labute approximate surface area is 108 Å². The summed E-state index contributed by atoms with van der Waals surface area (Å²) >= 11 is 0. The Kier molecular flexibility index (Phi) is 6.22. The molecule has 0 radical (unpaired) electrons. The van der Waals surface area contributed by atoms with E-state index in [0.717, 1.165) is 24.3 Å². The van der Waals surface area contributed by atoms with E-state index in [4.69, 9.17) is 9.84 Å². The average Bonchev–Trinajstić information content (AvgIpc) is 2.41. The number of benzene rings is 1. The highest BCUT2D eigenvalue weighted by molar-refractivity contribution is 5.94. The third-order valence-electron chi connectivity index (χ3n) is 2.63. The topological polar surface area (TPSA) is 49.8 Å². The predicted molar refractivity (Wildman–Crippen MR) is 72.0 cm³/mol. The monoisotopic (exact) mass is 251 g/mol. The standard InChI is InChI=1S/C14H21NO3/c1-3-5-10-15(14(17)11-16)12-6-8-13(9-7-12)18-4-2/h6-9,16H,3-5,10-11H2,1-2H3. The number of carbonyl (C=O) groups excluding carboxylic acids is 1. The van der Waals surface area contributed by atoms with Gasteiger partial charge in [0.2, 0.25) is 0 Å². The van der Waals surface area contributed by atoms with Gasteiger partial charge in [-0.3, -0.25) is 4.79 Å². The van der Waals surface area contributed by atoms with Crippen molar-refractivity contribution in [3.05, 3.63) is 24.3 Å². The Morgan fingerprint density at radius 2 is 1.94 bits per heavy atom. The van der Waals surface area contributed by atoms with Crippen molar-refractivity contribution >= 4 is 11.6 Å². The maximum atomic E-state index is 11.7. The van der Waals surface area contributed by atoms with E-state index in [9.17, 15) is 4.79 Å². The summed E-state index contributed by atoms with van der Waals surface area (Å²) in [5, 5.41) is 8.99. The lowest BCUT2D eigenvalue weighted by molar-refractivity contribution is -0.121. The van der Waals surface area contributed by atoms with E-state index in [0.29, 0.717) is 13.2 Å². The summed E-state index contributed by atoms with van der Waals surface area (Å²) in [6, 6.07) is 7.35. The van der Waals surface area contributed by atoms with Gasteiger partial charge in [-0.05, 0) is 37.6 Å². The number of amides is 1. The third-order valence-corrected chi connectivity index (χ3v) is 2.63. The Balaban J connectivity index is 2.80. The van der Waals surface area contributed by atoms with Crippen LogP contribution in [0.3, 0.4) is 0 Å². The molecule has 4 heteroatoms. The molecular weight excluding hydrogens is 230 g/mol. The zero-order chi connectivity index (χ0) is 13.4. The first kappa shape index (κ1) is 14.5. The summed E-state index contributed by atoms with van der Waals surface area (Å²) in [7, 11) is 0. The minimum Gasteiger partial charge on any atom is -0.494 e. The van der Waals surface area contributed by atoms with Gasteiger partial charge in [0.25, 0.3) is 5.91 Å². The smallest absolute Gasteiger partial charge is 0.252 e. The van der Waals surface area contributed by atoms with E-state index in [1.54, 1.807) is 4.90 Å². The molecule has 0 saturated heterocycles. The summed E-state index contributed by atoms with van der Waals surface area (Å²) in [4.78, 5) is 13.3.